The van der Waals surface area contributed by atoms with Crippen molar-refractivity contribution in [1.29, 1.82) is 0 Å². The maximum absolute atomic E-state index is 11.4. The predicted molar refractivity (Wildman–Crippen MR) is 60.8 cm³/mol. The number of aliphatic hydroxyl groups is 2. The first-order chi connectivity index (χ1) is 8.38. The van der Waals surface area contributed by atoms with Gasteiger partial charge in [0, 0.05) is 13.0 Å². The molecule has 0 aromatic carbocycles. The van der Waals surface area contributed by atoms with Crippen LogP contribution >= 0.6 is 0 Å². The number of primary amides is 1. The largest absolute Gasteiger partial charge is 0.370 e. The number of nitrogens with one attached hydrogen (secondary N) is 2. The molecule has 0 aliphatic carbocycles. The summed E-state index contributed by atoms with van der Waals surface area (Å²) in [6, 6.07) is -1.55. The van der Waals surface area contributed by atoms with Crippen LogP contribution in [0.2, 0.25) is 0 Å². The van der Waals surface area contributed by atoms with Gasteiger partial charge in [-0.25, -0.2) is 4.99 Å². The lowest BCUT2D eigenvalue weighted by Crippen LogP contribution is -2.79. The van der Waals surface area contributed by atoms with E-state index in [0.717, 1.165) is 0 Å². The molecule has 9 nitrogen and oxygen atoms in total. The standard InChI is InChI=1S/C9H16N6O3/c10-6(16)4-5-9(14-7(11)13-5)8(17,18)1-2-15(9)3-12-4/h4-5,12,17-18H,1-3H2,(H2,10,16)(H3,11,13,14)/t4-,5?,9?/m1/s1. The van der Waals surface area contributed by atoms with E-state index in [1.165, 1.54) is 0 Å². The molecule has 0 bridgehead atoms. The molecule has 0 aromatic heterocycles. The third kappa shape index (κ3) is 1.19. The molecule has 9 heteroatoms. The molecule has 1 amide bonds. The van der Waals surface area contributed by atoms with Gasteiger partial charge in [-0.2, -0.15) is 0 Å². The average molecular weight is 256 g/mol. The molecule has 3 atom stereocenters. The Kier molecular flexibility index (Phi) is 2.15. The van der Waals surface area contributed by atoms with Gasteiger partial charge in [-0.3, -0.25) is 15.0 Å². The summed E-state index contributed by atoms with van der Waals surface area (Å²) >= 11 is 0. The monoisotopic (exact) mass is 256 g/mol. The van der Waals surface area contributed by atoms with Crippen molar-refractivity contribution in [2.75, 3.05) is 13.2 Å². The second-order valence-corrected chi connectivity index (χ2v) is 4.92. The first-order valence-corrected chi connectivity index (χ1v) is 5.72. The van der Waals surface area contributed by atoms with Gasteiger partial charge < -0.3 is 27.0 Å². The van der Waals surface area contributed by atoms with Crippen LogP contribution in [-0.4, -0.2) is 63.7 Å². The van der Waals surface area contributed by atoms with Crippen LogP contribution < -0.4 is 22.1 Å². The van der Waals surface area contributed by atoms with Crippen LogP contribution in [0.5, 0.6) is 0 Å². The van der Waals surface area contributed by atoms with Gasteiger partial charge in [-0.15, -0.1) is 0 Å². The van der Waals surface area contributed by atoms with Crippen molar-refractivity contribution in [3.63, 3.8) is 0 Å². The minimum absolute atomic E-state index is 0.0781. The Balaban J connectivity index is 2.08. The normalized spacial score (nSPS) is 41.8. The number of guanidine groups is 1. The summed E-state index contributed by atoms with van der Waals surface area (Å²) < 4.78 is 0. The number of hydrogen-bond donors (Lipinski definition) is 6. The van der Waals surface area contributed by atoms with E-state index in [1.807, 2.05) is 0 Å². The van der Waals surface area contributed by atoms with E-state index in [0.29, 0.717) is 13.2 Å². The van der Waals surface area contributed by atoms with Crippen molar-refractivity contribution in [1.82, 2.24) is 15.5 Å². The summed E-state index contributed by atoms with van der Waals surface area (Å²) in [7, 11) is 0. The highest BCUT2D eigenvalue weighted by atomic mass is 16.5. The van der Waals surface area contributed by atoms with Crippen LogP contribution in [0.15, 0.2) is 4.99 Å². The van der Waals surface area contributed by atoms with Crippen LogP contribution in [0.1, 0.15) is 6.42 Å². The van der Waals surface area contributed by atoms with E-state index in [1.54, 1.807) is 4.90 Å². The maximum Gasteiger partial charge on any atom is 0.236 e. The van der Waals surface area contributed by atoms with Crippen LogP contribution in [-0.2, 0) is 4.79 Å². The fourth-order valence-corrected chi connectivity index (χ4v) is 3.15. The highest BCUT2D eigenvalue weighted by Crippen LogP contribution is 2.43. The number of amides is 1. The van der Waals surface area contributed by atoms with E-state index in [-0.39, 0.29) is 12.4 Å². The Morgan fingerprint density at radius 2 is 2.28 bits per heavy atom. The Morgan fingerprint density at radius 1 is 1.56 bits per heavy atom. The van der Waals surface area contributed by atoms with Crippen LogP contribution in [0.3, 0.4) is 0 Å². The van der Waals surface area contributed by atoms with Crippen molar-refractivity contribution < 1.29 is 15.0 Å². The first kappa shape index (κ1) is 11.7. The summed E-state index contributed by atoms with van der Waals surface area (Å²) in [6.07, 6.45) is 0.145. The SMILES string of the molecule is NC(=O)[C@@H]1NCN2CCC(O)(O)C23NC(N)=NC13. The molecule has 2 unspecified atom stereocenters. The van der Waals surface area contributed by atoms with Gasteiger partial charge in [0.1, 0.15) is 12.1 Å². The van der Waals surface area contributed by atoms with Crippen molar-refractivity contribution in [3.8, 4) is 0 Å². The number of aliphatic imine (C=N–C) groups is 1. The van der Waals surface area contributed by atoms with Gasteiger partial charge >= 0.3 is 0 Å². The molecule has 8 N–H and O–H groups in total. The summed E-state index contributed by atoms with van der Waals surface area (Å²) in [5.41, 5.74) is 9.68. The summed E-state index contributed by atoms with van der Waals surface area (Å²) in [6.45, 7) is 0.764. The molecule has 18 heavy (non-hydrogen) atoms. The third-order valence-electron chi connectivity index (χ3n) is 3.99. The molecule has 1 spiro atoms. The Hall–Kier alpha value is -1.42. The van der Waals surface area contributed by atoms with Crippen LogP contribution in [0, 0.1) is 0 Å². The highest BCUT2D eigenvalue weighted by molar-refractivity contribution is 5.86. The Morgan fingerprint density at radius 3 is 2.94 bits per heavy atom. The zero-order valence-corrected chi connectivity index (χ0v) is 9.63. The van der Waals surface area contributed by atoms with Gasteiger partial charge in [0.2, 0.25) is 11.7 Å². The predicted octanol–water partition coefficient (Wildman–Crippen LogP) is -4.23. The van der Waals surface area contributed by atoms with Gasteiger partial charge in [-0.1, -0.05) is 0 Å². The molecule has 100 valence electrons. The molecule has 3 aliphatic heterocycles. The summed E-state index contributed by atoms with van der Waals surface area (Å²) in [5.74, 6) is -2.53. The summed E-state index contributed by atoms with van der Waals surface area (Å²) in [5, 5.41) is 26.2. The molecular formula is C9H16N6O3. The fraction of sp³-hybridized carbons (Fsp3) is 0.778. The topological polar surface area (TPSA) is 149 Å². The van der Waals surface area contributed by atoms with Crippen LogP contribution in [0.4, 0.5) is 0 Å². The molecule has 2 fully saturated rings. The van der Waals surface area contributed by atoms with Gasteiger partial charge in [-0.05, 0) is 0 Å². The van der Waals surface area contributed by atoms with Crippen molar-refractivity contribution >= 4 is 11.9 Å². The molecule has 3 rings (SSSR count). The molecule has 0 aromatic rings. The molecule has 3 aliphatic rings. The smallest absolute Gasteiger partial charge is 0.236 e. The minimum Gasteiger partial charge on any atom is -0.370 e. The highest BCUT2D eigenvalue weighted by Gasteiger charge is 2.69. The number of carbonyl (C=O) groups is 1. The molecule has 2 saturated heterocycles. The van der Waals surface area contributed by atoms with E-state index in [4.69, 9.17) is 11.5 Å². The van der Waals surface area contributed by atoms with E-state index in [2.05, 4.69) is 15.6 Å². The second kappa shape index (κ2) is 3.32. The number of nitrogens with zero attached hydrogens (tertiary/aromatic N) is 2. The van der Waals surface area contributed by atoms with E-state index in [9.17, 15) is 15.0 Å². The second-order valence-electron chi connectivity index (χ2n) is 4.92. The van der Waals surface area contributed by atoms with Crippen molar-refractivity contribution in [3.05, 3.63) is 0 Å². The zero-order chi connectivity index (χ0) is 13.1. The third-order valence-corrected chi connectivity index (χ3v) is 3.99. The van der Waals surface area contributed by atoms with Gasteiger partial charge in [0.15, 0.2) is 11.6 Å². The molecule has 3 heterocycles. The average Bonchev–Trinajstić information content (AvgIpc) is 2.74. The van der Waals surface area contributed by atoms with Crippen LogP contribution in [0.25, 0.3) is 0 Å². The molecule has 0 saturated carbocycles. The number of nitrogens with two attached hydrogens (primary N) is 2. The summed E-state index contributed by atoms with van der Waals surface area (Å²) in [4.78, 5) is 17.3. The lowest BCUT2D eigenvalue weighted by Gasteiger charge is -2.49. The van der Waals surface area contributed by atoms with E-state index >= 15 is 0 Å². The lowest BCUT2D eigenvalue weighted by atomic mass is 9.86. The van der Waals surface area contributed by atoms with Crippen molar-refractivity contribution in [2.45, 2.75) is 30.0 Å². The van der Waals surface area contributed by atoms with Crippen molar-refractivity contribution in [2.24, 2.45) is 16.5 Å². The number of hydrogen-bond acceptors (Lipinski definition) is 8. The Labute approximate surface area is 103 Å². The minimum atomic E-state index is -2.02. The molecular weight excluding hydrogens is 240 g/mol. The zero-order valence-electron chi connectivity index (χ0n) is 9.63. The quantitative estimate of drug-likeness (QED) is 0.260. The molecule has 0 radical (unpaired) electrons. The maximum atomic E-state index is 11.4. The number of carbonyl (C=O) groups excluding carboxylic acids is 1. The lowest BCUT2D eigenvalue weighted by molar-refractivity contribution is -0.233. The van der Waals surface area contributed by atoms with Gasteiger partial charge in [0.25, 0.3) is 0 Å². The van der Waals surface area contributed by atoms with Gasteiger partial charge in [0.05, 0.1) is 6.67 Å². The van der Waals surface area contributed by atoms with E-state index < -0.39 is 29.4 Å². The first-order valence-electron chi connectivity index (χ1n) is 5.72. The number of rotatable bonds is 1. The fourth-order valence-electron chi connectivity index (χ4n) is 3.15. The Bertz CT molecular complexity index is 438.